The summed E-state index contributed by atoms with van der Waals surface area (Å²) in [6, 6.07) is 12.0. The van der Waals surface area contributed by atoms with E-state index in [2.05, 4.69) is 5.32 Å². The maximum absolute atomic E-state index is 13.9. The lowest BCUT2D eigenvalue weighted by molar-refractivity contribution is -0.384. The Balaban J connectivity index is 1.67. The molecule has 1 fully saturated rings. The highest BCUT2D eigenvalue weighted by molar-refractivity contribution is 6.34. The molecule has 1 aliphatic rings. The SMILES string of the molecule is N#C/C(=C/N1CCN(c2ccccc2F)CC1)C(=O)Nc1cc([N+](=O)[O-])ccc1Cl. The molecule has 154 valence electrons. The normalized spacial score (nSPS) is 14.2. The first kappa shape index (κ1) is 21.1. The minimum atomic E-state index is -0.726. The highest BCUT2D eigenvalue weighted by Crippen LogP contribution is 2.27. The summed E-state index contributed by atoms with van der Waals surface area (Å²) in [4.78, 5) is 26.5. The summed E-state index contributed by atoms with van der Waals surface area (Å²) >= 11 is 5.99. The summed E-state index contributed by atoms with van der Waals surface area (Å²) in [5.41, 5.74) is 0.152. The van der Waals surface area contributed by atoms with E-state index in [4.69, 9.17) is 11.6 Å². The quantitative estimate of drug-likeness (QED) is 0.337. The Morgan fingerprint density at radius 3 is 2.57 bits per heavy atom. The third-order valence-electron chi connectivity index (χ3n) is 4.59. The van der Waals surface area contributed by atoms with E-state index >= 15 is 0 Å². The van der Waals surface area contributed by atoms with E-state index in [0.29, 0.717) is 31.9 Å². The number of nitro benzene ring substituents is 1. The van der Waals surface area contributed by atoms with Gasteiger partial charge in [0.1, 0.15) is 17.5 Å². The summed E-state index contributed by atoms with van der Waals surface area (Å²) < 4.78 is 13.9. The molecule has 8 nitrogen and oxygen atoms in total. The monoisotopic (exact) mass is 429 g/mol. The zero-order valence-electron chi connectivity index (χ0n) is 15.7. The number of nitro groups is 1. The third kappa shape index (κ3) is 4.85. The van der Waals surface area contributed by atoms with Gasteiger partial charge in [-0.25, -0.2) is 4.39 Å². The van der Waals surface area contributed by atoms with Gasteiger partial charge in [-0.3, -0.25) is 14.9 Å². The van der Waals surface area contributed by atoms with Gasteiger partial charge >= 0.3 is 0 Å². The third-order valence-corrected chi connectivity index (χ3v) is 4.92. The molecule has 10 heteroatoms. The van der Waals surface area contributed by atoms with Crippen LogP contribution in [-0.4, -0.2) is 41.9 Å². The number of nitrogens with zero attached hydrogens (tertiary/aromatic N) is 4. The summed E-state index contributed by atoms with van der Waals surface area (Å²) in [6.45, 7) is 2.03. The van der Waals surface area contributed by atoms with Gasteiger partial charge in [0.2, 0.25) is 0 Å². The Kier molecular flexibility index (Phi) is 6.49. The average Bonchev–Trinajstić information content (AvgIpc) is 2.74. The molecule has 0 unspecified atom stereocenters. The fraction of sp³-hybridized carbons (Fsp3) is 0.200. The number of amides is 1. The van der Waals surface area contributed by atoms with Crippen molar-refractivity contribution >= 4 is 34.6 Å². The molecule has 0 atom stereocenters. The molecule has 1 heterocycles. The second-order valence-electron chi connectivity index (χ2n) is 6.50. The van der Waals surface area contributed by atoms with Crippen LogP contribution >= 0.6 is 11.6 Å². The van der Waals surface area contributed by atoms with E-state index in [1.807, 2.05) is 11.0 Å². The molecule has 1 N–H and O–H groups in total. The lowest BCUT2D eigenvalue weighted by Crippen LogP contribution is -2.44. The Labute approximate surface area is 176 Å². The molecule has 0 saturated carbocycles. The highest BCUT2D eigenvalue weighted by Gasteiger charge is 2.20. The molecule has 1 saturated heterocycles. The van der Waals surface area contributed by atoms with E-state index in [1.54, 1.807) is 23.1 Å². The van der Waals surface area contributed by atoms with E-state index in [9.17, 15) is 24.6 Å². The zero-order valence-corrected chi connectivity index (χ0v) is 16.5. The Morgan fingerprint density at radius 1 is 1.23 bits per heavy atom. The van der Waals surface area contributed by atoms with Crippen molar-refractivity contribution in [2.75, 3.05) is 36.4 Å². The predicted molar refractivity (Wildman–Crippen MR) is 111 cm³/mol. The fourth-order valence-corrected chi connectivity index (χ4v) is 3.20. The zero-order chi connectivity index (χ0) is 21.7. The van der Waals surface area contributed by atoms with Crippen molar-refractivity contribution in [3.05, 3.63) is 75.2 Å². The largest absolute Gasteiger partial charge is 0.373 e. The van der Waals surface area contributed by atoms with E-state index < -0.39 is 10.8 Å². The molecule has 0 radical (unpaired) electrons. The van der Waals surface area contributed by atoms with Gasteiger partial charge in [0.05, 0.1) is 21.3 Å². The van der Waals surface area contributed by atoms with Gasteiger partial charge in [-0.15, -0.1) is 0 Å². The number of hydrogen-bond donors (Lipinski definition) is 1. The maximum atomic E-state index is 13.9. The van der Waals surface area contributed by atoms with Crippen molar-refractivity contribution in [1.82, 2.24) is 4.90 Å². The Hall–Kier alpha value is -3.64. The van der Waals surface area contributed by atoms with Crippen molar-refractivity contribution in [2.24, 2.45) is 0 Å². The number of carbonyl (C=O) groups excluding carboxylic acids is 1. The van der Waals surface area contributed by atoms with Crippen LogP contribution in [0.1, 0.15) is 0 Å². The van der Waals surface area contributed by atoms with Crippen LogP contribution in [0.5, 0.6) is 0 Å². The lowest BCUT2D eigenvalue weighted by Gasteiger charge is -2.35. The summed E-state index contributed by atoms with van der Waals surface area (Å²) in [5.74, 6) is -1.02. The summed E-state index contributed by atoms with van der Waals surface area (Å²) in [5, 5.41) is 22.8. The summed E-state index contributed by atoms with van der Waals surface area (Å²) in [7, 11) is 0. The number of non-ortho nitro benzene ring substituents is 1. The van der Waals surface area contributed by atoms with Gasteiger partial charge in [0.15, 0.2) is 0 Å². The smallest absolute Gasteiger partial charge is 0.271 e. The molecule has 1 amide bonds. The van der Waals surface area contributed by atoms with Gasteiger partial charge < -0.3 is 15.1 Å². The van der Waals surface area contributed by atoms with Crippen LogP contribution in [0, 0.1) is 27.3 Å². The molecule has 2 aromatic rings. The molecule has 1 aliphatic heterocycles. The number of rotatable bonds is 5. The van der Waals surface area contributed by atoms with Crippen LogP contribution in [0.3, 0.4) is 0 Å². The lowest BCUT2D eigenvalue weighted by atomic mass is 10.2. The fourth-order valence-electron chi connectivity index (χ4n) is 3.03. The number of piperazine rings is 1. The van der Waals surface area contributed by atoms with E-state index in [-0.39, 0.29) is 27.8 Å². The number of benzene rings is 2. The van der Waals surface area contributed by atoms with Gasteiger partial charge in [0.25, 0.3) is 11.6 Å². The highest BCUT2D eigenvalue weighted by atomic mass is 35.5. The average molecular weight is 430 g/mol. The minimum Gasteiger partial charge on any atom is -0.373 e. The van der Waals surface area contributed by atoms with Crippen LogP contribution in [0.2, 0.25) is 5.02 Å². The Bertz CT molecular complexity index is 1040. The van der Waals surface area contributed by atoms with E-state index in [1.165, 1.54) is 24.4 Å². The standard InChI is InChI=1S/C20H17ClFN5O3/c21-16-6-5-15(27(29)30)11-18(16)24-20(28)14(12-23)13-25-7-9-26(10-8-25)19-4-2-1-3-17(19)22/h1-6,11,13H,7-10H2,(H,24,28)/b14-13-. The number of halogens is 2. The van der Waals surface area contributed by atoms with Gasteiger partial charge in [0, 0.05) is 44.5 Å². The van der Waals surface area contributed by atoms with Crippen molar-refractivity contribution < 1.29 is 14.1 Å². The molecule has 0 aliphatic carbocycles. The van der Waals surface area contributed by atoms with Gasteiger partial charge in [-0.1, -0.05) is 23.7 Å². The van der Waals surface area contributed by atoms with Crippen LogP contribution < -0.4 is 10.2 Å². The first-order valence-corrected chi connectivity index (χ1v) is 9.37. The molecule has 0 aromatic heterocycles. The van der Waals surface area contributed by atoms with Crippen LogP contribution in [-0.2, 0) is 4.79 Å². The number of carbonyl (C=O) groups is 1. The van der Waals surface area contributed by atoms with E-state index in [0.717, 1.165) is 6.07 Å². The second kappa shape index (κ2) is 9.24. The van der Waals surface area contributed by atoms with Crippen molar-refractivity contribution in [3.63, 3.8) is 0 Å². The molecule has 2 aromatic carbocycles. The Morgan fingerprint density at radius 2 is 1.93 bits per heavy atom. The van der Waals surface area contributed by atoms with Crippen molar-refractivity contribution in [3.8, 4) is 6.07 Å². The molecule has 0 spiro atoms. The van der Waals surface area contributed by atoms with Gasteiger partial charge in [-0.05, 0) is 18.2 Å². The van der Waals surface area contributed by atoms with Crippen molar-refractivity contribution in [1.29, 1.82) is 5.26 Å². The topological polar surface area (TPSA) is 103 Å². The summed E-state index contributed by atoms with van der Waals surface area (Å²) in [6.07, 6.45) is 1.43. The van der Waals surface area contributed by atoms with Crippen LogP contribution in [0.25, 0.3) is 0 Å². The molecule has 0 bridgehead atoms. The maximum Gasteiger partial charge on any atom is 0.271 e. The first-order valence-electron chi connectivity index (χ1n) is 9.00. The molecular weight excluding hydrogens is 413 g/mol. The minimum absolute atomic E-state index is 0.0430. The second-order valence-corrected chi connectivity index (χ2v) is 6.91. The van der Waals surface area contributed by atoms with Crippen molar-refractivity contribution in [2.45, 2.75) is 0 Å². The predicted octanol–water partition coefficient (Wildman–Crippen LogP) is 3.56. The number of para-hydroxylation sites is 1. The first-order chi connectivity index (χ1) is 14.4. The van der Waals surface area contributed by atoms with Gasteiger partial charge in [-0.2, -0.15) is 5.26 Å². The molecule has 3 rings (SSSR count). The number of anilines is 2. The number of nitriles is 1. The molecule has 30 heavy (non-hydrogen) atoms. The van der Waals surface area contributed by atoms with Crippen LogP contribution in [0.15, 0.2) is 54.2 Å². The van der Waals surface area contributed by atoms with Crippen LogP contribution in [0.4, 0.5) is 21.5 Å². The number of hydrogen-bond acceptors (Lipinski definition) is 6. The number of nitrogens with one attached hydrogen (secondary N) is 1. The molecular formula is C20H17ClFN5O3.